The van der Waals surface area contributed by atoms with Gasteiger partial charge in [-0.3, -0.25) is 4.79 Å². The van der Waals surface area contributed by atoms with Crippen molar-refractivity contribution in [3.63, 3.8) is 0 Å². The van der Waals surface area contributed by atoms with E-state index in [1.165, 1.54) is 6.08 Å². The fraction of sp³-hybridized carbons (Fsp3) is 0.333. The van der Waals surface area contributed by atoms with Crippen molar-refractivity contribution in [1.29, 1.82) is 0 Å². The van der Waals surface area contributed by atoms with Crippen LogP contribution in [0, 0.1) is 5.41 Å². The first kappa shape index (κ1) is 15.4. The van der Waals surface area contributed by atoms with Crippen molar-refractivity contribution in [3.8, 4) is 0 Å². The fourth-order valence-electron chi connectivity index (χ4n) is 1.18. The van der Waals surface area contributed by atoms with Gasteiger partial charge in [0.25, 0.3) is 0 Å². The van der Waals surface area contributed by atoms with Crippen molar-refractivity contribution in [2.45, 2.75) is 20.8 Å². The molecule has 102 valence electrons. The van der Waals surface area contributed by atoms with E-state index < -0.39 is 11.4 Å². The molecule has 0 saturated heterocycles. The highest BCUT2D eigenvalue weighted by Crippen LogP contribution is 2.14. The molecule has 0 heterocycles. The van der Waals surface area contributed by atoms with E-state index in [9.17, 15) is 9.59 Å². The molecule has 0 N–H and O–H groups in total. The van der Waals surface area contributed by atoms with E-state index in [2.05, 4.69) is 0 Å². The number of ether oxygens (including phenoxy) is 1. The average molecular weight is 281 g/mol. The SMILES string of the molecule is CC(C)(C)C(=O)COC(=O)C=Cc1cccc(Cl)c1. The Balaban J connectivity index is 2.50. The number of hydrogen-bond donors (Lipinski definition) is 0. The van der Waals surface area contributed by atoms with Crippen LogP contribution in [-0.2, 0) is 14.3 Å². The minimum Gasteiger partial charge on any atom is -0.455 e. The van der Waals surface area contributed by atoms with Gasteiger partial charge >= 0.3 is 5.97 Å². The Morgan fingerprint density at radius 3 is 2.58 bits per heavy atom. The summed E-state index contributed by atoms with van der Waals surface area (Å²) in [7, 11) is 0. The molecule has 4 heteroatoms. The molecule has 19 heavy (non-hydrogen) atoms. The van der Waals surface area contributed by atoms with Crippen LogP contribution in [0.25, 0.3) is 6.08 Å². The van der Waals surface area contributed by atoms with Crippen molar-refractivity contribution >= 4 is 29.4 Å². The Kier molecular flexibility index (Phi) is 5.31. The molecule has 0 aliphatic rings. The van der Waals surface area contributed by atoms with Crippen molar-refractivity contribution < 1.29 is 14.3 Å². The summed E-state index contributed by atoms with van der Waals surface area (Å²) >= 11 is 5.82. The highest BCUT2D eigenvalue weighted by Gasteiger charge is 2.21. The third kappa shape index (κ3) is 5.71. The first-order valence-corrected chi connectivity index (χ1v) is 6.30. The molecule has 1 aromatic carbocycles. The molecule has 0 fully saturated rings. The van der Waals surface area contributed by atoms with Gasteiger partial charge in [-0.1, -0.05) is 44.5 Å². The molecule has 0 atom stereocenters. The number of esters is 1. The van der Waals surface area contributed by atoms with Crippen LogP contribution >= 0.6 is 11.6 Å². The number of Topliss-reactive ketones (excluding diaryl/α,β-unsaturated/α-hetero) is 1. The van der Waals surface area contributed by atoms with Crippen molar-refractivity contribution in [1.82, 2.24) is 0 Å². The normalized spacial score (nSPS) is 11.6. The highest BCUT2D eigenvalue weighted by atomic mass is 35.5. The van der Waals surface area contributed by atoms with E-state index >= 15 is 0 Å². The third-order valence-corrected chi connectivity index (χ3v) is 2.68. The largest absolute Gasteiger partial charge is 0.455 e. The van der Waals surface area contributed by atoms with Crippen molar-refractivity contribution in [2.75, 3.05) is 6.61 Å². The summed E-state index contributed by atoms with van der Waals surface area (Å²) < 4.78 is 4.87. The predicted molar refractivity (Wildman–Crippen MR) is 75.9 cm³/mol. The van der Waals surface area contributed by atoms with Crippen LogP contribution in [0.5, 0.6) is 0 Å². The van der Waals surface area contributed by atoms with Crippen LogP contribution < -0.4 is 0 Å². The topological polar surface area (TPSA) is 43.4 Å². The van der Waals surface area contributed by atoms with Gasteiger partial charge in [0, 0.05) is 16.5 Å². The standard InChI is InChI=1S/C15H17ClO3/c1-15(2,3)13(17)10-19-14(18)8-7-11-5-4-6-12(16)9-11/h4-9H,10H2,1-3H3. The van der Waals surface area contributed by atoms with Gasteiger partial charge in [-0.15, -0.1) is 0 Å². The molecule has 0 bridgehead atoms. The molecule has 0 amide bonds. The van der Waals surface area contributed by atoms with Crippen LogP contribution in [-0.4, -0.2) is 18.4 Å². The van der Waals surface area contributed by atoms with Crippen LogP contribution in [0.4, 0.5) is 0 Å². The third-order valence-electron chi connectivity index (χ3n) is 2.44. The summed E-state index contributed by atoms with van der Waals surface area (Å²) in [4.78, 5) is 23.0. The van der Waals surface area contributed by atoms with E-state index in [0.717, 1.165) is 5.56 Å². The summed E-state index contributed by atoms with van der Waals surface area (Å²) in [5.41, 5.74) is 0.295. The zero-order valence-corrected chi connectivity index (χ0v) is 12.0. The van der Waals surface area contributed by atoms with Crippen molar-refractivity contribution in [2.24, 2.45) is 5.41 Å². The van der Waals surface area contributed by atoms with Crippen molar-refractivity contribution in [3.05, 3.63) is 40.9 Å². The molecular weight excluding hydrogens is 264 g/mol. The zero-order valence-electron chi connectivity index (χ0n) is 11.3. The molecule has 1 aromatic rings. The number of rotatable bonds is 4. The Bertz CT molecular complexity index is 498. The van der Waals surface area contributed by atoms with Gasteiger partial charge in [-0.05, 0) is 23.8 Å². The van der Waals surface area contributed by atoms with Crippen LogP contribution in [0.2, 0.25) is 5.02 Å². The lowest BCUT2D eigenvalue weighted by Gasteiger charge is -2.15. The number of halogens is 1. The second-order valence-electron chi connectivity index (χ2n) is 5.17. The fourth-order valence-corrected chi connectivity index (χ4v) is 1.37. The second-order valence-corrected chi connectivity index (χ2v) is 5.61. The van der Waals surface area contributed by atoms with Gasteiger partial charge in [0.05, 0.1) is 0 Å². The maximum Gasteiger partial charge on any atom is 0.331 e. The molecule has 1 rings (SSSR count). The quantitative estimate of drug-likeness (QED) is 0.626. The first-order valence-electron chi connectivity index (χ1n) is 5.93. The minimum atomic E-state index is -0.544. The lowest BCUT2D eigenvalue weighted by molar-refractivity contribution is -0.145. The van der Waals surface area contributed by atoms with Gasteiger partial charge in [-0.25, -0.2) is 4.79 Å². The Morgan fingerprint density at radius 2 is 2.00 bits per heavy atom. The van der Waals surface area contributed by atoms with E-state index in [1.54, 1.807) is 45.0 Å². The zero-order chi connectivity index (χ0) is 14.5. The summed E-state index contributed by atoms with van der Waals surface area (Å²) in [5, 5.41) is 0.596. The predicted octanol–water partition coefficient (Wildman–Crippen LogP) is 3.51. The number of carbonyl (C=O) groups is 2. The number of ketones is 1. The highest BCUT2D eigenvalue weighted by molar-refractivity contribution is 6.30. The lowest BCUT2D eigenvalue weighted by Crippen LogP contribution is -2.25. The van der Waals surface area contributed by atoms with Gasteiger partial charge < -0.3 is 4.74 Å². The molecule has 0 aliphatic heterocycles. The summed E-state index contributed by atoms with van der Waals surface area (Å²) in [6.07, 6.45) is 2.87. The van der Waals surface area contributed by atoms with Gasteiger partial charge in [-0.2, -0.15) is 0 Å². The van der Waals surface area contributed by atoms with Crippen LogP contribution in [0.1, 0.15) is 26.3 Å². The van der Waals surface area contributed by atoms with E-state index in [-0.39, 0.29) is 12.4 Å². The smallest absolute Gasteiger partial charge is 0.331 e. The Hall–Kier alpha value is -1.61. The Labute approximate surface area is 118 Å². The Morgan fingerprint density at radius 1 is 1.32 bits per heavy atom. The van der Waals surface area contributed by atoms with Crippen LogP contribution in [0.3, 0.4) is 0 Å². The molecular formula is C15H17ClO3. The molecule has 0 saturated carbocycles. The summed E-state index contributed by atoms with van der Waals surface area (Å²) in [6, 6.07) is 7.08. The minimum absolute atomic E-state index is 0.114. The van der Waals surface area contributed by atoms with E-state index in [4.69, 9.17) is 16.3 Å². The number of benzene rings is 1. The molecule has 0 aromatic heterocycles. The average Bonchev–Trinajstić information content (AvgIpc) is 2.32. The number of hydrogen-bond acceptors (Lipinski definition) is 3. The monoisotopic (exact) mass is 280 g/mol. The maximum absolute atomic E-state index is 11.6. The van der Waals surface area contributed by atoms with E-state index in [1.807, 2.05) is 6.07 Å². The second kappa shape index (κ2) is 6.53. The first-order chi connectivity index (χ1) is 8.79. The van der Waals surface area contributed by atoms with Gasteiger partial charge in [0.2, 0.25) is 0 Å². The number of carbonyl (C=O) groups excluding carboxylic acids is 2. The molecule has 0 spiro atoms. The van der Waals surface area contributed by atoms with Gasteiger partial charge in [0.15, 0.2) is 12.4 Å². The van der Waals surface area contributed by atoms with Crippen LogP contribution in [0.15, 0.2) is 30.3 Å². The molecule has 0 radical (unpaired) electrons. The van der Waals surface area contributed by atoms with Gasteiger partial charge in [0.1, 0.15) is 0 Å². The van der Waals surface area contributed by atoms with E-state index in [0.29, 0.717) is 5.02 Å². The lowest BCUT2D eigenvalue weighted by atomic mass is 9.91. The summed E-state index contributed by atoms with van der Waals surface area (Å²) in [6.45, 7) is 5.14. The summed E-state index contributed by atoms with van der Waals surface area (Å²) in [5.74, 6) is -0.658. The molecule has 0 unspecified atom stereocenters. The molecule has 0 aliphatic carbocycles. The maximum atomic E-state index is 11.6. The molecule has 3 nitrogen and oxygen atoms in total.